The first-order valence-electron chi connectivity index (χ1n) is 8.24. The van der Waals surface area contributed by atoms with Crippen molar-refractivity contribution in [2.24, 2.45) is 4.99 Å². The van der Waals surface area contributed by atoms with Crippen molar-refractivity contribution < 1.29 is 0 Å². The number of benzene rings is 1. The van der Waals surface area contributed by atoms with E-state index in [1.807, 2.05) is 7.05 Å². The van der Waals surface area contributed by atoms with Gasteiger partial charge in [-0.05, 0) is 37.8 Å². The van der Waals surface area contributed by atoms with Crippen LogP contribution >= 0.6 is 24.0 Å². The van der Waals surface area contributed by atoms with Gasteiger partial charge in [-0.2, -0.15) is 0 Å². The Bertz CT molecular complexity index is 562. The molecule has 0 saturated carbocycles. The van der Waals surface area contributed by atoms with E-state index < -0.39 is 0 Å². The Balaban J connectivity index is 0.00000192. The monoisotopic (exact) mass is 426 g/mol. The summed E-state index contributed by atoms with van der Waals surface area (Å²) in [4.78, 5) is 6.82. The minimum atomic E-state index is 0. The van der Waals surface area contributed by atoms with E-state index in [1.165, 1.54) is 11.3 Å². The molecule has 0 radical (unpaired) electrons. The van der Waals surface area contributed by atoms with Crippen LogP contribution in [0.5, 0.6) is 0 Å². The average molecular weight is 426 g/mol. The lowest BCUT2D eigenvalue weighted by molar-refractivity contribution is 0.621. The molecule has 23 heavy (non-hydrogen) atoms. The molecule has 0 saturated heterocycles. The number of aliphatic imine (C=N–C) groups is 1. The molecule has 5 heteroatoms. The highest BCUT2D eigenvalue weighted by molar-refractivity contribution is 14.0. The molecule has 1 aromatic carbocycles. The standard InChI is InChI=1S/C18H26N4.HI/c1-14-13-15-7-3-6-10-17(15)22(14)12-11-20-18(19-2)21-16-8-4-5-9-16;/h3-7,10,14,16H,8-9,11-13H2,1-2H3,(H2,19,20,21);1H. The summed E-state index contributed by atoms with van der Waals surface area (Å²) < 4.78 is 0. The number of halogens is 1. The van der Waals surface area contributed by atoms with E-state index in [9.17, 15) is 0 Å². The highest BCUT2D eigenvalue weighted by Gasteiger charge is 2.24. The fourth-order valence-electron chi connectivity index (χ4n) is 3.39. The molecule has 2 aliphatic rings. The van der Waals surface area contributed by atoms with Gasteiger partial charge in [0.2, 0.25) is 0 Å². The van der Waals surface area contributed by atoms with Crippen LogP contribution in [0.1, 0.15) is 25.3 Å². The molecule has 1 heterocycles. The summed E-state index contributed by atoms with van der Waals surface area (Å²) in [6.45, 7) is 4.21. The van der Waals surface area contributed by atoms with Crippen molar-refractivity contribution in [2.75, 3.05) is 25.0 Å². The van der Waals surface area contributed by atoms with E-state index in [0.717, 1.165) is 38.3 Å². The van der Waals surface area contributed by atoms with Gasteiger partial charge in [-0.25, -0.2) is 0 Å². The van der Waals surface area contributed by atoms with Crippen LogP contribution in [0.25, 0.3) is 0 Å². The Labute approximate surface area is 156 Å². The molecule has 1 aliphatic heterocycles. The Hall–Kier alpha value is -1.24. The predicted octanol–water partition coefficient (Wildman–Crippen LogP) is 2.94. The molecule has 2 N–H and O–H groups in total. The normalized spacial score (nSPS) is 20.3. The number of rotatable bonds is 4. The third kappa shape index (κ3) is 4.40. The van der Waals surface area contributed by atoms with Gasteiger partial charge in [0, 0.05) is 37.9 Å². The van der Waals surface area contributed by atoms with Gasteiger partial charge in [-0.15, -0.1) is 24.0 Å². The number of hydrogen-bond acceptors (Lipinski definition) is 2. The number of hydrogen-bond donors (Lipinski definition) is 2. The molecule has 1 aromatic rings. The Morgan fingerprint density at radius 1 is 1.26 bits per heavy atom. The molecule has 1 atom stereocenters. The lowest BCUT2D eigenvalue weighted by Crippen LogP contribution is -2.45. The minimum Gasteiger partial charge on any atom is -0.367 e. The van der Waals surface area contributed by atoms with Crippen molar-refractivity contribution in [3.63, 3.8) is 0 Å². The second-order valence-corrected chi connectivity index (χ2v) is 6.16. The molecule has 4 nitrogen and oxygen atoms in total. The van der Waals surface area contributed by atoms with Gasteiger partial charge in [-0.1, -0.05) is 30.4 Å². The third-order valence-corrected chi connectivity index (χ3v) is 4.57. The second-order valence-electron chi connectivity index (χ2n) is 6.16. The van der Waals surface area contributed by atoms with Crippen LogP contribution in [0.4, 0.5) is 5.69 Å². The van der Waals surface area contributed by atoms with Crippen LogP contribution < -0.4 is 15.5 Å². The van der Waals surface area contributed by atoms with Crippen molar-refractivity contribution in [2.45, 2.75) is 38.3 Å². The van der Waals surface area contributed by atoms with E-state index in [1.54, 1.807) is 0 Å². The summed E-state index contributed by atoms with van der Waals surface area (Å²) in [7, 11) is 1.84. The number of nitrogens with one attached hydrogen (secondary N) is 2. The highest BCUT2D eigenvalue weighted by Crippen LogP contribution is 2.31. The van der Waals surface area contributed by atoms with Crippen LogP contribution in [-0.2, 0) is 6.42 Å². The molecule has 1 unspecified atom stereocenters. The summed E-state index contributed by atoms with van der Waals surface area (Å²) in [5, 5.41) is 6.92. The zero-order chi connectivity index (χ0) is 15.4. The van der Waals surface area contributed by atoms with Crippen LogP contribution in [0, 0.1) is 0 Å². The average Bonchev–Trinajstić information content (AvgIpc) is 3.14. The Morgan fingerprint density at radius 2 is 2.00 bits per heavy atom. The van der Waals surface area contributed by atoms with Crippen molar-refractivity contribution >= 4 is 35.6 Å². The zero-order valence-electron chi connectivity index (χ0n) is 14.0. The van der Waals surface area contributed by atoms with Crippen LogP contribution in [0.3, 0.4) is 0 Å². The van der Waals surface area contributed by atoms with E-state index in [2.05, 4.69) is 63.9 Å². The molecule has 0 bridgehead atoms. The third-order valence-electron chi connectivity index (χ3n) is 4.57. The molecule has 0 fully saturated rings. The maximum atomic E-state index is 4.33. The van der Waals surface area contributed by atoms with Crippen LogP contribution in [0.2, 0.25) is 0 Å². The molecule has 0 amide bonds. The Kier molecular flexibility index (Phi) is 6.74. The largest absolute Gasteiger partial charge is 0.367 e. The summed E-state index contributed by atoms with van der Waals surface area (Å²) in [5.74, 6) is 0.911. The van der Waals surface area contributed by atoms with Crippen LogP contribution in [0.15, 0.2) is 41.4 Å². The first kappa shape index (κ1) is 18.1. The molecular weight excluding hydrogens is 399 g/mol. The van der Waals surface area contributed by atoms with Gasteiger partial charge < -0.3 is 15.5 Å². The fourth-order valence-corrected chi connectivity index (χ4v) is 3.39. The van der Waals surface area contributed by atoms with Crippen molar-refractivity contribution in [3.05, 3.63) is 42.0 Å². The smallest absolute Gasteiger partial charge is 0.191 e. The molecular formula is C18H27IN4. The lowest BCUT2D eigenvalue weighted by Gasteiger charge is -2.26. The first-order chi connectivity index (χ1) is 10.8. The number of fused-ring (bicyclic) bond motifs is 1. The summed E-state index contributed by atoms with van der Waals surface area (Å²) in [6, 6.07) is 9.81. The number of anilines is 1. The Morgan fingerprint density at radius 3 is 2.74 bits per heavy atom. The number of nitrogens with zero attached hydrogens (tertiary/aromatic N) is 2. The van der Waals surface area contributed by atoms with Gasteiger partial charge in [-0.3, -0.25) is 4.99 Å². The second kappa shape index (κ2) is 8.57. The minimum absolute atomic E-state index is 0. The maximum Gasteiger partial charge on any atom is 0.191 e. The fraction of sp³-hybridized carbons (Fsp3) is 0.500. The topological polar surface area (TPSA) is 39.7 Å². The maximum absolute atomic E-state index is 4.33. The number of para-hydroxylation sites is 1. The van der Waals surface area contributed by atoms with Gasteiger partial charge >= 0.3 is 0 Å². The van der Waals surface area contributed by atoms with Gasteiger partial charge in [0.25, 0.3) is 0 Å². The van der Waals surface area contributed by atoms with E-state index >= 15 is 0 Å². The van der Waals surface area contributed by atoms with Crippen molar-refractivity contribution in [1.82, 2.24) is 10.6 Å². The molecule has 3 rings (SSSR count). The van der Waals surface area contributed by atoms with Gasteiger partial charge in [0.1, 0.15) is 0 Å². The van der Waals surface area contributed by atoms with Gasteiger partial charge in [0.05, 0.1) is 0 Å². The van der Waals surface area contributed by atoms with E-state index in [4.69, 9.17) is 0 Å². The quantitative estimate of drug-likeness (QED) is 0.337. The molecule has 0 spiro atoms. The molecule has 0 aromatic heterocycles. The molecule has 1 aliphatic carbocycles. The van der Waals surface area contributed by atoms with E-state index in [-0.39, 0.29) is 24.0 Å². The zero-order valence-corrected chi connectivity index (χ0v) is 16.3. The highest BCUT2D eigenvalue weighted by atomic mass is 127. The summed E-state index contributed by atoms with van der Waals surface area (Å²) in [6.07, 6.45) is 7.80. The first-order valence-corrected chi connectivity index (χ1v) is 8.24. The summed E-state index contributed by atoms with van der Waals surface area (Å²) >= 11 is 0. The van der Waals surface area contributed by atoms with Gasteiger partial charge in [0.15, 0.2) is 5.96 Å². The van der Waals surface area contributed by atoms with E-state index in [0.29, 0.717) is 12.1 Å². The van der Waals surface area contributed by atoms with Crippen LogP contribution in [-0.4, -0.2) is 38.2 Å². The van der Waals surface area contributed by atoms with Crippen molar-refractivity contribution in [1.29, 1.82) is 0 Å². The number of guanidine groups is 1. The predicted molar refractivity (Wildman–Crippen MR) is 109 cm³/mol. The lowest BCUT2D eigenvalue weighted by atomic mass is 10.1. The van der Waals surface area contributed by atoms with Crippen molar-refractivity contribution in [3.8, 4) is 0 Å². The molecule has 126 valence electrons. The summed E-state index contributed by atoms with van der Waals surface area (Å²) in [5.41, 5.74) is 2.86. The SMILES string of the molecule is CN=C(NCCN1c2ccccc2CC1C)NC1CC=CC1.I.